The van der Waals surface area contributed by atoms with Crippen LogP contribution in [0.15, 0.2) is 71.5 Å². The third-order valence-corrected chi connectivity index (χ3v) is 6.66. The van der Waals surface area contributed by atoms with Gasteiger partial charge in [0.25, 0.3) is 5.56 Å². The second kappa shape index (κ2) is 8.96. The van der Waals surface area contributed by atoms with Crippen LogP contribution < -0.4 is 10.3 Å². The maximum Gasteiger partial charge on any atom is 0.258 e. The highest BCUT2D eigenvalue weighted by Gasteiger charge is 2.32. The highest BCUT2D eigenvalue weighted by Crippen LogP contribution is 2.33. The van der Waals surface area contributed by atoms with Crippen LogP contribution in [0.2, 0.25) is 5.02 Å². The average Bonchev–Trinajstić information content (AvgIpc) is 3.42. The SMILES string of the molecule is CN1C(CN2CCCC2)=CC2C=CC(n3ccc(OCc4ccc(Cl)cn4)cc3=O)=CC21. The Kier molecular flexibility index (Phi) is 5.89. The summed E-state index contributed by atoms with van der Waals surface area (Å²) in [6.07, 6.45) is 14.8. The van der Waals surface area contributed by atoms with Crippen molar-refractivity contribution in [3.05, 3.63) is 87.7 Å². The van der Waals surface area contributed by atoms with E-state index < -0.39 is 0 Å². The van der Waals surface area contributed by atoms with Crippen LogP contribution in [-0.4, -0.2) is 52.1 Å². The van der Waals surface area contributed by atoms with E-state index >= 15 is 0 Å². The molecular formula is C25H27ClN4O2. The van der Waals surface area contributed by atoms with Crippen molar-refractivity contribution in [1.29, 1.82) is 0 Å². The highest BCUT2D eigenvalue weighted by molar-refractivity contribution is 6.30. The van der Waals surface area contributed by atoms with Gasteiger partial charge in [0.05, 0.1) is 16.8 Å². The van der Waals surface area contributed by atoms with Gasteiger partial charge in [0.15, 0.2) is 0 Å². The van der Waals surface area contributed by atoms with Crippen molar-refractivity contribution in [2.45, 2.75) is 25.5 Å². The molecule has 5 rings (SSSR count). The van der Waals surface area contributed by atoms with Gasteiger partial charge in [-0.2, -0.15) is 0 Å². The monoisotopic (exact) mass is 450 g/mol. The fraction of sp³-hybridized carbons (Fsp3) is 0.360. The molecule has 1 saturated heterocycles. The normalized spacial score (nSPS) is 22.6. The number of likely N-dealkylation sites (N-methyl/N-ethyl adjacent to an activating group) is 1. The standard InChI is InChI=1S/C25H27ClN4O2/c1-28-22(16-29-9-2-3-10-29)12-18-4-7-21(13-24(18)28)30-11-8-23(14-25(30)31)32-17-20-6-5-19(26)15-27-20/h4-8,11-15,18,24H,2-3,9-10,16-17H2,1H3. The van der Waals surface area contributed by atoms with Gasteiger partial charge in [0.1, 0.15) is 12.4 Å². The Morgan fingerprint density at radius 2 is 2.03 bits per heavy atom. The molecule has 2 unspecified atom stereocenters. The second-order valence-electron chi connectivity index (χ2n) is 8.60. The van der Waals surface area contributed by atoms with E-state index in [4.69, 9.17) is 16.3 Å². The van der Waals surface area contributed by atoms with Gasteiger partial charge in [0, 0.05) is 49.4 Å². The number of nitrogens with zero attached hydrogens (tertiary/aromatic N) is 4. The molecule has 2 aromatic rings. The zero-order valence-electron chi connectivity index (χ0n) is 18.2. The van der Waals surface area contributed by atoms with Crippen LogP contribution in [0.3, 0.4) is 0 Å². The minimum absolute atomic E-state index is 0.119. The first-order valence-electron chi connectivity index (χ1n) is 11.1. The number of halogens is 1. The summed E-state index contributed by atoms with van der Waals surface area (Å²) in [6.45, 7) is 3.67. The van der Waals surface area contributed by atoms with Gasteiger partial charge in [-0.1, -0.05) is 23.8 Å². The smallest absolute Gasteiger partial charge is 0.258 e. The number of pyridine rings is 2. The van der Waals surface area contributed by atoms with Crippen LogP contribution in [0.5, 0.6) is 5.75 Å². The molecule has 6 nitrogen and oxygen atoms in total. The van der Waals surface area contributed by atoms with Gasteiger partial charge >= 0.3 is 0 Å². The number of hydrogen-bond acceptors (Lipinski definition) is 5. The Hall–Kier alpha value is -2.83. The second-order valence-corrected chi connectivity index (χ2v) is 9.03. The summed E-state index contributed by atoms with van der Waals surface area (Å²) in [7, 11) is 2.16. The minimum atomic E-state index is -0.119. The number of ether oxygens (including phenoxy) is 1. The molecule has 32 heavy (non-hydrogen) atoms. The molecule has 1 aliphatic carbocycles. The number of aromatic nitrogens is 2. The van der Waals surface area contributed by atoms with Crippen LogP contribution in [0.1, 0.15) is 18.5 Å². The minimum Gasteiger partial charge on any atom is -0.487 e. The van der Waals surface area contributed by atoms with E-state index in [1.165, 1.54) is 37.7 Å². The summed E-state index contributed by atoms with van der Waals surface area (Å²) in [6, 6.07) is 7.15. The lowest BCUT2D eigenvalue weighted by molar-refractivity contribution is 0.294. The molecule has 166 valence electrons. The first-order chi connectivity index (χ1) is 15.6. The Morgan fingerprint density at radius 3 is 2.78 bits per heavy atom. The fourth-order valence-electron chi connectivity index (χ4n) is 4.63. The van der Waals surface area contributed by atoms with Crippen molar-refractivity contribution in [3.63, 3.8) is 0 Å². The van der Waals surface area contributed by atoms with Crippen molar-refractivity contribution in [3.8, 4) is 5.75 Å². The van der Waals surface area contributed by atoms with Crippen molar-refractivity contribution in [1.82, 2.24) is 19.4 Å². The largest absolute Gasteiger partial charge is 0.487 e. The van der Waals surface area contributed by atoms with Gasteiger partial charge in [-0.25, -0.2) is 0 Å². The zero-order valence-corrected chi connectivity index (χ0v) is 18.9. The molecule has 2 atom stereocenters. The van der Waals surface area contributed by atoms with Crippen molar-refractivity contribution in [2.24, 2.45) is 5.92 Å². The molecule has 4 heterocycles. The molecule has 7 heteroatoms. The molecule has 0 amide bonds. The Bertz CT molecular complexity index is 1130. The predicted octanol–water partition coefficient (Wildman–Crippen LogP) is 3.80. The summed E-state index contributed by atoms with van der Waals surface area (Å²) >= 11 is 5.86. The number of likely N-dealkylation sites (tertiary alicyclic amines) is 1. The van der Waals surface area contributed by atoms with E-state index in [0.29, 0.717) is 16.7 Å². The molecule has 0 radical (unpaired) electrons. The van der Waals surface area contributed by atoms with Gasteiger partial charge in [-0.15, -0.1) is 0 Å². The Morgan fingerprint density at radius 1 is 1.19 bits per heavy atom. The van der Waals surface area contributed by atoms with E-state index in [9.17, 15) is 4.79 Å². The lowest BCUT2D eigenvalue weighted by atomic mass is 9.95. The molecule has 0 aromatic carbocycles. The first-order valence-corrected chi connectivity index (χ1v) is 11.5. The van der Waals surface area contributed by atoms with Crippen LogP contribution >= 0.6 is 11.6 Å². The molecule has 0 N–H and O–H groups in total. The molecule has 0 saturated carbocycles. The third-order valence-electron chi connectivity index (χ3n) is 6.44. The lowest BCUT2D eigenvalue weighted by Crippen LogP contribution is -2.34. The van der Waals surface area contributed by atoms with E-state index in [0.717, 1.165) is 17.9 Å². The van der Waals surface area contributed by atoms with Gasteiger partial charge < -0.3 is 9.64 Å². The third kappa shape index (κ3) is 4.38. The van der Waals surface area contributed by atoms with Crippen LogP contribution in [0, 0.1) is 5.92 Å². The summed E-state index contributed by atoms with van der Waals surface area (Å²) in [4.78, 5) is 21.9. The summed E-state index contributed by atoms with van der Waals surface area (Å²) in [5.41, 5.74) is 2.90. The van der Waals surface area contributed by atoms with Crippen molar-refractivity contribution < 1.29 is 4.74 Å². The lowest BCUT2D eigenvalue weighted by Gasteiger charge is -2.30. The van der Waals surface area contributed by atoms with Gasteiger partial charge in [-0.05, 0) is 56.3 Å². The van der Waals surface area contributed by atoms with Gasteiger partial charge in [0.2, 0.25) is 0 Å². The summed E-state index contributed by atoms with van der Waals surface area (Å²) < 4.78 is 7.41. The van der Waals surface area contributed by atoms with E-state index in [1.807, 2.05) is 18.2 Å². The zero-order chi connectivity index (χ0) is 22.1. The molecule has 3 aliphatic rings. The molecule has 0 bridgehead atoms. The topological polar surface area (TPSA) is 50.6 Å². The Balaban J connectivity index is 1.27. The first kappa shape index (κ1) is 21.0. The van der Waals surface area contributed by atoms with Gasteiger partial charge in [-0.3, -0.25) is 19.2 Å². The van der Waals surface area contributed by atoms with Crippen molar-refractivity contribution >= 4 is 17.3 Å². The average molecular weight is 451 g/mol. The quantitative estimate of drug-likeness (QED) is 0.670. The molecule has 1 fully saturated rings. The van der Waals surface area contributed by atoms with E-state index in [2.05, 4.69) is 40.1 Å². The van der Waals surface area contributed by atoms with E-state index in [-0.39, 0.29) is 18.2 Å². The number of fused-ring (bicyclic) bond motifs is 1. The Labute approximate surface area is 193 Å². The highest BCUT2D eigenvalue weighted by atomic mass is 35.5. The summed E-state index contributed by atoms with van der Waals surface area (Å²) in [5.74, 6) is 0.875. The summed E-state index contributed by atoms with van der Waals surface area (Å²) in [5, 5.41) is 0.582. The van der Waals surface area contributed by atoms with Crippen LogP contribution in [0.4, 0.5) is 0 Å². The van der Waals surface area contributed by atoms with Crippen LogP contribution in [-0.2, 0) is 6.61 Å². The number of rotatable bonds is 6. The predicted molar refractivity (Wildman–Crippen MR) is 126 cm³/mol. The fourth-order valence-corrected chi connectivity index (χ4v) is 4.74. The van der Waals surface area contributed by atoms with E-state index in [1.54, 1.807) is 23.0 Å². The number of hydrogen-bond donors (Lipinski definition) is 0. The molecule has 2 aliphatic heterocycles. The molecule has 0 spiro atoms. The van der Waals surface area contributed by atoms with Crippen LogP contribution in [0.25, 0.3) is 5.70 Å². The molecular weight excluding hydrogens is 424 g/mol. The maximum atomic E-state index is 12.8. The molecule has 2 aromatic heterocycles. The maximum absolute atomic E-state index is 12.8. The van der Waals surface area contributed by atoms with Crippen molar-refractivity contribution in [2.75, 3.05) is 26.7 Å². The number of allylic oxidation sites excluding steroid dienone is 2.